The largest absolute Gasteiger partial charge is 0.326 e. The van der Waals surface area contributed by atoms with E-state index in [2.05, 4.69) is 16.2 Å². The van der Waals surface area contributed by atoms with Crippen LogP contribution in [0.15, 0.2) is 48.5 Å². The molecule has 27 heavy (non-hydrogen) atoms. The number of anilines is 2. The Morgan fingerprint density at radius 3 is 2.52 bits per heavy atom. The Morgan fingerprint density at radius 2 is 1.85 bits per heavy atom. The van der Waals surface area contributed by atoms with Crippen molar-refractivity contribution in [2.24, 2.45) is 5.92 Å². The Balaban J connectivity index is 1.43. The molecule has 0 saturated carbocycles. The minimum absolute atomic E-state index is 0.119. The van der Waals surface area contributed by atoms with Crippen LogP contribution in [-0.2, 0) is 9.59 Å². The topological polar surface area (TPSA) is 73.5 Å². The van der Waals surface area contributed by atoms with Gasteiger partial charge in [-0.2, -0.15) is 0 Å². The van der Waals surface area contributed by atoms with Crippen LogP contribution in [0.25, 0.3) is 0 Å². The molecule has 0 spiro atoms. The Bertz CT molecular complexity index is 838. The highest BCUT2D eigenvalue weighted by Gasteiger charge is 2.34. The Labute approximate surface area is 156 Å². The molecule has 4 rings (SSSR count). The number of halogens is 1. The molecule has 140 valence electrons. The lowest BCUT2D eigenvalue weighted by Crippen LogP contribution is -2.29. The zero-order valence-corrected chi connectivity index (χ0v) is 14.7. The first-order valence-corrected chi connectivity index (χ1v) is 9.07. The normalized spacial score (nSPS) is 22.3. The van der Waals surface area contributed by atoms with E-state index in [0.717, 1.165) is 24.2 Å². The Kier molecular flexibility index (Phi) is 4.87. The van der Waals surface area contributed by atoms with Gasteiger partial charge in [0.05, 0.1) is 12.0 Å². The zero-order valence-electron chi connectivity index (χ0n) is 14.7. The van der Waals surface area contributed by atoms with Gasteiger partial charge in [0.2, 0.25) is 11.8 Å². The van der Waals surface area contributed by atoms with Crippen molar-refractivity contribution in [3.8, 4) is 0 Å². The summed E-state index contributed by atoms with van der Waals surface area (Å²) in [5.41, 5.74) is 8.47. The molecular weight excluding hydrogens is 347 g/mol. The molecule has 0 bridgehead atoms. The third-order valence-corrected chi connectivity index (χ3v) is 5.07. The number of carbonyl (C=O) groups excluding carboxylic acids is 2. The number of nitrogens with zero attached hydrogens (tertiary/aromatic N) is 1. The van der Waals surface area contributed by atoms with Crippen molar-refractivity contribution < 1.29 is 14.0 Å². The second kappa shape index (κ2) is 7.46. The predicted molar refractivity (Wildman–Crippen MR) is 100 cm³/mol. The van der Waals surface area contributed by atoms with Gasteiger partial charge >= 0.3 is 0 Å². The van der Waals surface area contributed by atoms with Gasteiger partial charge in [-0.25, -0.2) is 9.82 Å². The summed E-state index contributed by atoms with van der Waals surface area (Å²) in [7, 11) is 0. The molecule has 2 amide bonds. The zero-order chi connectivity index (χ0) is 18.8. The summed E-state index contributed by atoms with van der Waals surface area (Å²) in [6.45, 7) is 1.22. The van der Waals surface area contributed by atoms with Gasteiger partial charge in [-0.1, -0.05) is 12.1 Å². The fourth-order valence-electron chi connectivity index (χ4n) is 3.61. The molecule has 2 aliphatic heterocycles. The lowest BCUT2D eigenvalue weighted by molar-refractivity contribution is -0.120. The molecule has 2 saturated heterocycles. The van der Waals surface area contributed by atoms with E-state index < -0.39 is 0 Å². The quantitative estimate of drug-likeness (QED) is 0.775. The first-order chi connectivity index (χ1) is 13.1. The van der Waals surface area contributed by atoms with Gasteiger partial charge in [-0.15, -0.1) is 0 Å². The number of hydrazine groups is 1. The summed E-state index contributed by atoms with van der Waals surface area (Å²) >= 11 is 0. The van der Waals surface area contributed by atoms with Crippen LogP contribution in [0.4, 0.5) is 15.8 Å². The third-order valence-electron chi connectivity index (χ3n) is 5.07. The lowest BCUT2D eigenvalue weighted by atomic mass is 9.94. The number of carbonyl (C=O) groups is 2. The molecule has 2 aromatic carbocycles. The first-order valence-electron chi connectivity index (χ1n) is 9.07. The molecule has 2 heterocycles. The van der Waals surface area contributed by atoms with Crippen LogP contribution in [0.5, 0.6) is 0 Å². The molecule has 3 N–H and O–H groups in total. The highest BCUT2D eigenvalue weighted by Crippen LogP contribution is 2.27. The Hall–Kier alpha value is -2.77. The number of hydrogen-bond donors (Lipinski definition) is 3. The molecule has 2 fully saturated rings. The van der Waals surface area contributed by atoms with Crippen LogP contribution < -0.4 is 21.1 Å². The second-order valence-electron chi connectivity index (χ2n) is 6.85. The van der Waals surface area contributed by atoms with E-state index >= 15 is 0 Å². The maximum absolute atomic E-state index is 13.1. The number of benzene rings is 2. The lowest BCUT2D eigenvalue weighted by Gasteiger charge is -2.19. The molecule has 0 aromatic heterocycles. The fourth-order valence-corrected chi connectivity index (χ4v) is 3.61. The molecule has 7 heteroatoms. The van der Waals surface area contributed by atoms with E-state index in [4.69, 9.17) is 0 Å². The molecule has 0 radical (unpaired) electrons. The van der Waals surface area contributed by atoms with Crippen LogP contribution in [0.1, 0.15) is 24.4 Å². The average molecular weight is 368 g/mol. The minimum atomic E-state index is -0.324. The van der Waals surface area contributed by atoms with Gasteiger partial charge in [0, 0.05) is 30.9 Å². The first kappa shape index (κ1) is 17.6. The summed E-state index contributed by atoms with van der Waals surface area (Å²) in [5.74, 6) is -0.610. The second-order valence-corrected chi connectivity index (χ2v) is 6.85. The molecular formula is C20H21FN4O2. The molecule has 6 nitrogen and oxygen atoms in total. The number of nitrogens with one attached hydrogen (secondary N) is 3. The number of hydrogen-bond acceptors (Lipinski definition) is 4. The molecule has 2 unspecified atom stereocenters. The highest BCUT2D eigenvalue weighted by molar-refractivity contribution is 5.96. The summed E-state index contributed by atoms with van der Waals surface area (Å²) in [6, 6.07) is 13.2. The summed E-state index contributed by atoms with van der Waals surface area (Å²) < 4.78 is 13.1. The van der Waals surface area contributed by atoms with Crippen LogP contribution >= 0.6 is 0 Å². The van der Waals surface area contributed by atoms with E-state index in [0.29, 0.717) is 18.7 Å². The van der Waals surface area contributed by atoms with Gasteiger partial charge in [-0.05, 0) is 48.4 Å². The number of rotatable bonds is 4. The minimum Gasteiger partial charge on any atom is -0.326 e. The van der Waals surface area contributed by atoms with Crippen molar-refractivity contribution in [1.29, 1.82) is 0 Å². The summed E-state index contributed by atoms with van der Waals surface area (Å²) in [4.78, 5) is 26.3. The maximum Gasteiger partial charge on any atom is 0.230 e. The van der Waals surface area contributed by atoms with Crippen molar-refractivity contribution in [2.75, 3.05) is 23.3 Å². The van der Waals surface area contributed by atoms with E-state index in [9.17, 15) is 14.0 Å². The van der Waals surface area contributed by atoms with Gasteiger partial charge in [0.15, 0.2) is 0 Å². The van der Waals surface area contributed by atoms with Gasteiger partial charge in [0.25, 0.3) is 0 Å². The van der Waals surface area contributed by atoms with Crippen molar-refractivity contribution in [3.05, 3.63) is 59.9 Å². The van der Waals surface area contributed by atoms with Gasteiger partial charge < -0.3 is 10.2 Å². The molecule has 0 aliphatic carbocycles. The van der Waals surface area contributed by atoms with Crippen molar-refractivity contribution in [2.45, 2.75) is 18.9 Å². The molecule has 2 aromatic rings. The molecule has 2 atom stereocenters. The Morgan fingerprint density at radius 1 is 1.11 bits per heavy atom. The average Bonchev–Trinajstić information content (AvgIpc) is 3.32. The fraction of sp³-hybridized carbons (Fsp3) is 0.300. The smallest absolute Gasteiger partial charge is 0.230 e. The summed E-state index contributed by atoms with van der Waals surface area (Å²) in [6.07, 6.45) is 1.47. The van der Waals surface area contributed by atoms with Crippen molar-refractivity contribution in [3.63, 3.8) is 0 Å². The van der Waals surface area contributed by atoms with Crippen LogP contribution in [0, 0.1) is 11.7 Å². The molecule has 2 aliphatic rings. The van der Waals surface area contributed by atoms with Crippen LogP contribution in [0.3, 0.4) is 0 Å². The highest BCUT2D eigenvalue weighted by atomic mass is 19.1. The van der Waals surface area contributed by atoms with E-state index in [1.54, 1.807) is 17.0 Å². The summed E-state index contributed by atoms with van der Waals surface area (Å²) in [5, 5.41) is 2.93. The van der Waals surface area contributed by atoms with Crippen molar-refractivity contribution >= 4 is 23.2 Å². The number of amides is 2. The predicted octanol–water partition coefficient (Wildman–Crippen LogP) is 2.36. The van der Waals surface area contributed by atoms with E-state index in [1.165, 1.54) is 12.1 Å². The van der Waals surface area contributed by atoms with Gasteiger partial charge in [0.1, 0.15) is 5.82 Å². The van der Waals surface area contributed by atoms with E-state index in [-0.39, 0.29) is 29.6 Å². The van der Waals surface area contributed by atoms with E-state index in [1.807, 2.05) is 24.3 Å². The maximum atomic E-state index is 13.1. The SMILES string of the molecule is O=C(Nc1ccc(N2CCCC2=O)cc1)C1CNNC1c1ccc(F)cc1. The monoisotopic (exact) mass is 368 g/mol. The van der Waals surface area contributed by atoms with Gasteiger partial charge in [-0.3, -0.25) is 15.0 Å². The standard InChI is InChI=1S/C20H21FN4O2/c21-14-5-3-13(4-6-14)19-17(12-22-24-19)20(27)23-15-7-9-16(10-8-15)25-11-1-2-18(25)26/h3-10,17,19,22,24H,1-2,11-12H2,(H,23,27). The van der Waals surface area contributed by atoms with Crippen LogP contribution in [0.2, 0.25) is 0 Å². The van der Waals surface area contributed by atoms with Crippen LogP contribution in [-0.4, -0.2) is 24.9 Å². The van der Waals surface area contributed by atoms with Crippen molar-refractivity contribution in [1.82, 2.24) is 10.9 Å². The third kappa shape index (κ3) is 3.70.